The summed E-state index contributed by atoms with van der Waals surface area (Å²) in [4.78, 5) is 38.6. The Labute approximate surface area is 302 Å². The SMILES string of the molecule is CCCCS(=O)(=O)[OH+]S(c1ccc(OC(=O)OC(C)(C)C)cc1)(c1ccc(OC(=O)OC(C)(C)C)cc1)c1ccc(OC(=O)OC(C)(C)C)cc1. The van der Waals surface area contributed by atoms with Crippen LogP contribution in [-0.2, 0) is 24.3 Å². The molecule has 0 aliphatic heterocycles. The van der Waals surface area contributed by atoms with Gasteiger partial charge in [0.25, 0.3) is 0 Å². The van der Waals surface area contributed by atoms with Crippen molar-refractivity contribution in [1.29, 1.82) is 0 Å². The Morgan fingerprint density at radius 2 is 0.804 bits per heavy atom. The number of unbranched alkanes of at least 4 members (excludes halogenated alkanes) is 1. The lowest BCUT2D eigenvalue weighted by Crippen LogP contribution is -2.26. The number of rotatable bonds is 11. The van der Waals surface area contributed by atoms with E-state index < -0.39 is 55.7 Å². The molecule has 3 aromatic rings. The van der Waals surface area contributed by atoms with Crippen LogP contribution in [0, 0.1) is 0 Å². The Hall–Kier alpha value is -4.27. The molecule has 0 aromatic heterocycles. The van der Waals surface area contributed by atoms with Crippen molar-refractivity contribution in [2.24, 2.45) is 0 Å². The molecule has 51 heavy (non-hydrogen) atoms. The highest BCUT2D eigenvalue weighted by atomic mass is 32.3. The smallest absolute Gasteiger partial charge is 0.428 e. The van der Waals surface area contributed by atoms with E-state index in [2.05, 4.69) is 3.63 Å². The van der Waals surface area contributed by atoms with Gasteiger partial charge in [0.15, 0.2) is 0 Å². The Bertz CT molecular complexity index is 1570. The first-order chi connectivity index (χ1) is 23.5. The number of hydrogen-bond donors (Lipinski definition) is 0. The van der Waals surface area contributed by atoms with Crippen LogP contribution in [0.4, 0.5) is 14.4 Å². The molecular weight excluding hydrogens is 701 g/mol. The highest BCUT2D eigenvalue weighted by molar-refractivity contribution is 8.32. The van der Waals surface area contributed by atoms with Gasteiger partial charge in [0.05, 0.1) is 25.0 Å². The van der Waals surface area contributed by atoms with Crippen molar-refractivity contribution in [2.45, 2.75) is 114 Å². The van der Waals surface area contributed by atoms with Crippen LogP contribution in [-0.4, -0.2) is 53.1 Å². The minimum absolute atomic E-state index is 0.164. The normalized spacial score (nSPS) is 12.7. The van der Waals surface area contributed by atoms with E-state index in [1.807, 2.05) is 6.92 Å². The molecule has 12 nitrogen and oxygen atoms in total. The van der Waals surface area contributed by atoms with Crippen LogP contribution in [0.5, 0.6) is 17.2 Å². The number of carbonyl (C=O) groups excluding carboxylic acids is 3. The van der Waals surface area contributed by atoms with E-state index in [0.717, 1.165) is 0 Å². The molecule has 0 amide bonds. The van der Waals surface area contributed by atoms with Crippen LogP contribution in [0.3, 0.4) is 0 Å². The minimum Gasteiger partial charge on any atom is -0.428 e. The van der Waals surface area contributed by atoms with Gasteiger partial charge in [-0.2, -0.15) is 8.42 Å². The van der Waals surface area contributed by atoms with Gasteiger partial charge >= 0.3 is 28.6 Å². The number of hydrogen-bond acceptors (Lipinski definition) is 11. The van der Waals surface area contributed by atoms with Crippen LogP contribution in [0.2, 0.25) is 0 Å². The first-order valence-corrected chi connectivity index (χ1v) is 19.5. The van der Waals surface area contributed by atoms with Crippen molar-refractivity contribution >= 4 is 38.9 Å². The fourth-order valence-corrected chi connectivity index (χ4v) is 10.0. The third kappa shape index (κ3) is 13.1. The summed E-state index contributed by atoms with van der Waals surface area (Å²) in [6.07, 6.45) is -1.69. The van der Waals surface area contributed by atoms with Gasteiger partial charge in [0, 0.05) is 0 Å². The summed E-state index contributed by atoms with van der Waals surface area (Å²) in [6, 6.07) is 18.9. The fourth-order valence-electron chi connectivity index (χ4n) is 4.29. The summed E-state index contributed by atoms with van der Waals surface area (Å²) in [7, 11) is -7.07. The molecule has 3 aromatic carbocycles. The molecule has 14 heteroatoms. The lowest BCUT2D eigenvalue weighted by atomic mass is 10.2. The van der Waals surface area contributed by atoms with Gasteiger partial charge in [-0.1, -0.05) is 13.3 Å². The Balaban J connectivity index is 2.19. The third-order valence-corrected chi connectivity index (χ3v) is 11.7. The van der Waals surface area contributed by atoms with Crippen LogP contribution >= 0.6 is 10.3 Å². The summed E-state index contributed by atoms with van der Waals surface area (Å²) < 4.78 is 64.1. The lowest BCUT2D eigenvalue weighted by molar-refractivity contribution is 0.0193. The highest BCUT2D eigenvalue weighted by Gasteiger charge is 2.43. The standard InChI is InChI=1S/C37H48O12S2/c1-11-12-25-50(41,42)49-51(29-19-13-26(14-20-29)43-32(38)46-35(2,3)4,30-21-15-27(16-22-30)44-33(39)47-36(5,6)7)31-23-17-28(18-24-31)45-34(40)48-37(8,9)10/h13-24H,11-12,25H2,1-10H3/p+1. The maximum absolute atomic E-state index is 13.8. The third-order valence-electron chi connectivity index (χ3n) is 6.25. The first-order valence-electron chi connectivity index (χ1n) is 16.3. The van der Waals surface area contributed by atoms with E-state index in [-0.39, 0.29) is 23.0 Å². The summed E-state index contributed by atoms with van der Waals surface area (Å²) in [5.74, 6) is 0.296. The van der Waals surface area contributed by atoms with Crippen molar-refractivity contribution < 1.29 is 54.9 Å². The number of carbonyl (C=O) groups is 3. The van der Waals surface area contributed by atoms with Crippen molar-refractivity contribution in [1.82, 2.24) is 0 Å². The maximum atomic E-state index is 13.8. The summed E-state index contributed by atoms with van der Waals surface area (Å²) in [6.45, 7) is 17.3. The number of benzene rings is 3. The van der Waals surface area contributed by atoms with Crippen LogP contribution in [0.15, 0.2) is 87.5 Å². The molecule has 3 rings (SSSR count). The minimum atomic E-state index is -4.05. The van der Waals surface area contributed by atoms with E-state index in [1.54, 1.807) is 98.7 Å². The molecule has 0 saturated heterocycles. The van der Waals surface area contributed by atoms with Crippen LogP contribution < -0.4 is 14.2 Å². The quantitative estimate of drug-likeness (QED) is 0.0605. The van der Waals surface area contributed by atoms with Crippen LogP contribution in [0.1, 0.15) is 82.1 Å². The van der Waals surface area contributed by atoms with E-state index >= 15 is 0 Å². The molecule has 0 radical (unpaired) electrons. The zero-order valence-electron chi connectivity index (χ0n) is 30.8. The largest absolute Gasteiger partial charge is 0.514 e. The van der Waals surface area contributed by atoms with Crippen molar-refractivity contribution in [3.63, 3.8) is 0 Å². The molecule has 0 spiro atoms. The second kappa shape index (κ2) is 16.4. The van der Waals surface area contributed by atoms with Crippen LogP contribution in [0.25, 0.3) is 0 Å². The van der Waals surface area contributed by atoms with E-state index in [1.165, 1.54) is 36.4 Å². The van der Waals surface area contributed by atoms with E-state index in [9.17, 15) is 22.8 Å². The van der Waals surface area contributed by atoms with Crippen molar-refractivity contribution in [3.05, 3.63) is 72.8 Å². The second-order valence-corrected chi connectivity index (χ2v) is 19.2. The predicted octanol–water partition coefficient (Wildman–Crippen LogP) is 10.0. The van der Waals surface area contributed by atoms with Gasteiger partial charge in [0.1, 0.15) is 39.8 Å². The van der Waals surface area contributed by atoms with Gasteiger partial charge < -0.3 is 28.4 Å². The van der Waals surface area contributed by atoms with Gasteiger partial charge in [-0.3, -0.25) is 3.63 Å². The average molecular weight is 750 g/mol. The molecule has 0 aliphatic carbocycles. The molecule has 0 saturated carbocycles. The first kappa shape index (κ1) is 41.2. The topological polar surface area (TPSA) is 154 Å². The summed E-state index contributed by atoms with van der Waals surface area (Å²) in [5, 5.41) is 0. The highest BCUT2D eigenvalue weighted by Crippen LogP contribution is 2.68. The molecule has 280 valence electrons. The second-order valence-electron chi connectivity index (χ2n) is 14.4. The molecule has 0 unspecified atom stereocenters. The maximum Gasteiger partial charge on any atom is 0.514 e. The zero-order valence-corrected chi connectivity index (χ0v) is 32.4. The van der Waals surface area contributed by atoms with Gasteiger partial charge in [-0.25, -0.2) is 14.4 Å². The molecule has 0 aliphatic rings. The fraction of sp³-hybridized carbons (Fsp3) is 0.432. The Morgan fingerprint density at radius 3 is 1.04 bits per heavy atom. The average Bonchev–Trinajstić information content (AvgIpc) is 2.97. The van der Waals surface area contributed by atoms with Gasteiger partial charge in [-0.15, -0.1) is 0 Å². The van der Waals surface area contributed by atoms with Crippen molar-refractivity contribution in [3.8, 4) is 17.2 Å². The zero-order chi connectivity index (χ0) is 38.3. The monoisotopic (exact) mass is 749 g/mol. The lowest BCUT2D eigenvalue weighted by Gasteiger charge is -2.35. The molecule has 0 fully saturated rings. The summed E-state index contributed by atoms with van der Waals surface area (Å²) in [5.41, 5.74) is -2.33. The Kier molecular flexibility index (Phi) is 13.2. The summed E-state index contributed by atoms with van der Waals surface area (Å²) >= 11 is 0. The van der Waals surface area contributed by atoms with E-state index in [0.29, 0.717) is 27.5 Å². The molecule has 0 atom stereocenters. The predicted molar refractivity (Wildman–Crippen MR) is 194 cm³/mol. The molecular formula is C37H49O12S2+. The molecule has 0 heterocycles. The molecule has 1 N–H and O–H groups in total. The number of ether oxygens (including phenoxy) is 6. The Morgan fingerprint density at radius 1 is 0.529 bits per heavy atom. The van der Waals surface area contributed by atoms with Gasteiger partial charge in [0.2, 0.25) is 0 Å². The molecule has 0 bridgehead atoms. The van der Waals surface area contributed by atoms with E-state index in [4.69, 9.17) is 28.4 Å². The van der Waals surface area contributed by atoms with Crippen molar-refractivity contribution in [2.75, 3.05) is 5.75 Å². The van der Waals surface area contributed by atoms with Gasteiger partial charge in [-0.05, 0) is 142 Å².